The van der Waals surface area contributed by atoms with Crippen LogP contribution in [-0.4, -0.2) is 13.2 Å². The van der Waals surface area contributed by atoms with Crippen LogP contribution in [0.4, 0.5) is 0 Å². The molecule has 0 saturated heterocycles. The van der Waals surface area contributed by atoms with Crippen molar-refractivity contribution in [3.05, 3.63) is 52.4 Å². The van der Waals surface area contributed by atoms with Gasteiger partial charge in [-0.25, -0.2) is 0 Å². The second kappa shape index (κ2) is 7.50. The highest BCUT2D eigenvalue weighted by Gasteiger charge is 2.17. The lowest BCUT2D eigenvalue weighted by molar-refractivity contribution is 0.338. The highest BCUT2D eigenvalue weighted by molar-refractivity contribution is 9.10. The van der Waals surface area contributed by atoms with E-state index in [4.69, 9.17) is 9.15 Å². The molecular formula is C16H20BrNO2. The molecule has 0 spiro atoms. The predicted octanol–water partition coefficient (Wildman–Crippen LogP) is 4.53. The van der Waals surface area contributed by atoms with Crippen LogP contribution in [0.3, 0.4) is 0 Å². The van der Waals surface area contributed by atoms with Crippen molar-refractivity contribution in [3.8, 4) is 5.75 Å². The summed E-state index contributed by atoms with van der Waals surface area (Å²) in [5.41, 5.74) is 1.16. The fourth-order valence-corrected chi connectivity index (χ4v) is 2.61. The first-order chi connectivity index (χ1) is 9.76. The fraction of sp³-hybridized carbons (Fsp3) is 0.375. The van der Waals surface area contributed by atoms with Gasteiger partial charge < -0.3 is 14.5 Å². The van der Waals surface area contributed by atoms with Crippen LogP contribution >= 0.6 is 15.9 Å². The van der Waals surface area contributed by atoms with Gasteiger partial charge in [0.2, 0.25) is 0 Å². The summed E-state index contributed by atoms with van der Waals surface area (Å²) < 4.78 is 12.1. The smallest absolute Gasteiger partial charge is 0.133 e. The van der Waals surface area contributed by atoms with Gasteiger partial charge in [-0.1, -0.05) is 13.0 Å². The second-order valence-electron chi connectivity index (χ2n) is 4.53. The number of furan rings is 1. The van der Waals surface area contributed by atoms with Gasteiger partial charge in [0.15, 0.2) is 0 Å². The molecule has 4 heteroatoms. The lowest BCUT2D eigenvalue weighted by Gasteiger charge is -2.18. The van der Waals surface area contributed by atoms with E-state index in [-0.39, 0.29) is 6.04 Å². The van der Waals surface area contributed by atoms with Crippen LogP contribution in [0.5, 0.6) is 5.75 Å². The molecule has 1 aromatic heterocycles. The molecule has 0 fully saturated rings. The van der Waals surface area contributed by atoms with E-state index in [0.29, 0.717) is 6.61 Å². The van der Waals surface area contributed by atoms with E-state index in [1.165, 1.54) is 0 Å². The van der Waals surface area contributed by atoms with Crippen LogP contribution in [0.15, 0.2) is 45.5 Å². The summed E-state index contributed by atoms with van der Waals surface area (Å²) in [6, 6.07) is 10.1. The highest BCUT2D eigenvalue weighted by atomic mass is 79.9. The number of hydrogen-bond donors (Lipinski definition) is 1. The number of nitrogens with one attached hydrogen (secondary N) is 1. The van der Waals surface area contributed by atoms with Gasteiger partial charge in [0, 0.05) is 0 Å². The maximum Gasteiger partial charge on any atom is 0.133 e. The lowest BCUT2D eigenvalue weighted by atomic mass is 10.0. The fourth-order valence-electron chi connectivity index (χ4n) is 2.10. The summed E-state index contributed by atoms with van der Waals surface area (Å²) in [7, 11) is 0. The zero-order valence-electron chi connectivity index (χ0n) is 11.9. The van der Waals surface area contributed by atoms with Crippen LogP contribution in [0.2, 0.25) is 0 Å². The molecule has 0 saturated carbocycles. The van der Waals surface area contributed by atoms with E-state index in [2.05, 4.69) is 40.3 Å². The van der Waals surface area contributed by atoms with Crippen molar-refractivity contribution < 1.29 is 9.15 Å². The molecule has 2 aromatic rings. The molecule has 0 aliphatic carbocycles. The van der Waals surface area contributed by atoms with Gasteiger partial charge in [0.05, 0.1) is 23.4 Å². The van der Waals surface area contributed by atoms with E-state index in [1.54, 1.807) is 6.26 Å². The zero-order valence-corrected chi connectivity index (χ0v) is 13.4. The van der Waals surface area contributed by atoms with Crippen molar-refractivity contribution in [2.24, 2.45) is 0 Å². The van der Waals surface area contributed by atoms with E-state index < -0.39 is 0 Å². The zero-order chi connectivity index (χ0) is 14.4. The largest absolute Gasteiger partial charge is 0.493 e. The molecule has 2 rings (SSSR count). The van der Waals surface area contributed by atoms with Crippen molar-refractivity contribution in [1.29, 1.82) is 0 Å². The Hall–Kier alpha value is -1.26. The third-order valence-corrected chi connectivity index (χ3v) is 3.63. The number of halogens is 1. The van der Waals surface area contributed by atoms with Gasteiger partial charge in [-0.2, -0.15) is 0 Å². The van der Waals surface area contributed by atoms with Gasteiger partial charge in [0.25, 0.3) is 0 Å². The molecule has 108 valence electrons. The summed E-state index contributed by atoms with van der Waals surface area (Å²) in [6.45, 7) is 5.74. The Morgan fingerprint density at radius 2 is 2.15 bits per heavy atom. The molecule has 0 bridgehead atoms. The molecule has 1 aromatic carbocycles. The van der Waals surface area contributed by atoms with Crippen LogP contribution in [0.25, 0.3) is 0 Å². The van der Waals surface area contributed by atoms with Crippen LogP contribution < -0.4 is 10.1 Å². The molecule has 0 radical (unpaired) electrons. The molecule has 20 heavy (non-hydrogen) atoms. The van der Waals surface area contributed by atoms with E-state index in [9.17, 15) is 0 Å². The van der Waals surface area contributed by atoms with Crippen LogP contribution in [-0.2, 0) is 0 Å². The Morgan fingerprint density at radius 3 is 2.75 bits per heavy atom. The van der Waals surface area contributed by atoms with E-state index in [1.807, 2.05) is 25.1 Å². The van der Waals surface area contributed by atoms with Gasteiger partial charge in [-0.15, -0.1) is 0 Å². The Bertz CT molecular complexity index is 525. The Kier molecular flexibility index (Phi) is 5.68. The maximum atomic E-state index is 5.56. The number of benzene rings is 1. The summed E-state index contributed by atoms with van der Waals surface area (Å²) in [5, 5.41) is 3.51. The summed E-state index contributed by atoms with van der Waals surface area (Å²) in [5.74, 6) is 1.79. The molecule has 1 atom stereocenters. The van der Waals surface area contributed by atoms with E-state index >= 15 is 0 Å². The Balaban J connectivity index is 2.26. The highest BCUT2D eigenvalue weighted by Crippen LogP contribution is 2.31. The lowest BCUT2D eigenvalue weighted by Crippen LogP contribution is -2.22. The molecule has 0 aliphatic heterocycles. The minimum atomic E-state index is 0.0666. The van der Waals surface area contributed by atoms with Crippen molar-refractivity contribution in [1.82, 2.24) is 5.32 Å². The number of hydrogen-bond acceptors (Lipinski definition) is 3. The van der Waals surface area contributed by atoms with Crippen LogP contribution in [0.1, 0.15) is 37.6 Å². The summed E-state index contributed by atoms with van der Waals surface area (Å²) in [4.78, 5) is 0. The van der Waals surface area contributed by atoms with Gasteiger partial charge in [-0.05, 0) is 65.6 Å². The predicted molar refractivity (Wildman–Crippen MR) is 84.2 cm³/mol. The molecule has 1 heterocycles. The maximum absolute atomic E-state index is 5.56. The Morgan fingerprint density at radius 1 is 1.30 bits per heavy atom. The first-order valence-electron chi connectivity index (χ1n) is 6.95. The minimum absolute atomic E-state index is 0.0666. The molecule has 0 aliphatic rings. The van der Waals surface area contributed by atoms with Gasteiger partial charge in [0.1, 0.15) is 11.5 Å². The van der Waals surface area contributed by atoms with Crippen molar-refractivity contribution in [2.75, 3.05) is 13.2 Å². The van der Waals surface area contributed by atoms with Crippen molar-refractivity contribution in [2.45, 2.75) is 26.3 Å². The minimum Gasteiger partial charge on any atom is -0.493 e. The number of rotatable bonds is 7. The second-order valence-corrected chi connectivity index (χ2v) is 5.38. The first kappa shape index (κ1) is 15.1. The molecular weight excluding hydrogens is 318 g/mol. The number of ether oxygens (including phenoxy) is 1. The van der Waals surface area contributed by atoms with Gasteiger partial charge in [-0.3, -0.25) is 0 Å². The average Bonchev–Trinajstić information content (AvgIpc) is 2.96. The average molecular weight is 338 g/mol. The summed E-state index contributed by atoms with van der Waals surface area (Å²) in [6.07, 6.45) is 2.79. The van der Waals surface area contributed by atoms with Gasteiger partial charge >= 0.3 is 0 Å². The molecule has 1 N–H and O–H groups in total. The molecule has 1 unspecified atom stereocenters. The third kappa shape index (κ3) is 3.64. The topological polar surface area (TPSA) is 34.4 Å². The summed E-state index contributed by atoms with van der Waals surface area (Å²) >= 11 is 3.56. The SMILES string of the molecule is CCCNC(c1ccc(OCC)c(Br)c1)c1ccco1. The quantitative estimate of drug-likeness (QED) is 0.805. The molecule has 3 nitrogen and oxygen atoms in total. The standard InChI is InChI=1S/C16H20BrNO2/c1-3-9-18-16(15-6-5-10-20-15)12-7-8-14(19-4-2)13(17)11-12/h5-8,10-11,16,18H,3-4,9H2,1-2H3. The van der Waals surface area contributed by atoms with Crippen molar-refractivity contribution in [3.63, 3.8) is 0 Å². The van der Waals surface area contributed by atoms with E-state index in [0.717, 1.165) is 34.5 Å². The Labute approximate surface area is 128 Å². The molecule has 0 amide bonds. The monoisotopic (exact) mass is 337 g/mol. The normalized spacial score (nSPS) is 12.3. The first-order valence-corrected chi connectivity index (χ1v) is 7.74. The van der Waals surface area contributed by atoms with Crippen molar-refractivity contribution >= 4 is 15.9 Å². The van der Waals surface area contributed by atoms with Crippen LogP contribution in [0, 0.1) is 0 Å². The third-order valence-electron chi connectivity index (χ3n) is 3.02.